The molecule has 2 rings (SSSR count). The fourth-order valence-electron chi connectivity index (χ4n) is 1.55. The Bertz CT molecular complexity index is 647. The van der Waals surface area contributed by atoms with E-state index in [4.69, 9.17) is 27.9 Å². The molecule has 1 aromatic carbocycles. The summed E-state index contributed by atoms with van der Waals surface area (Å²) in [5.41, 5.74) is 0.943. The van der Waals surface area contributed by atoms with Gasteiger partial charge in [-0.2, -0.15) is 0 Å². The molecule has 0 atom stereocenters. The summed E-state index contributed by atoms with van der Waals surface area (Å²) in [4.78, 5) is 14.1. The Kier molecular flexibility index (Phi) is 3.87. The molecule has 0 saturated heterocycles. The molecular weight excluding hydrogens is 291 g/mol. The first kappa shape index (κ1) is 13.6. The highest BCUT2D eigenvalue weighted by atomic mass is 35.5. The molecule has 0 bridgehead atoms. The van der Waals surface area contributed by atoms with E-state index in [0.717, 1.165) is 6.20 Å². The number of ether oxygens (including phenoxy) is 1. The van der Waals surface area contributed by atoms with E-state index in [1.54, 1.807) is 18.2 Å². The van der Waals surface area contributed by atoms with Gasteiger partial charge in [0.2, 0.25) is 0 Å². The van der Waals surface area contributed by atoms with Gasteiger partial charge in [0.1, 0.15) is 11.9 Å². The molecule has 5 nitrogen and oxygen atoms in total. The molecule has 1 aromatic heterocycles. The second kappa shape index (κ2) is 5.42. The molecule has 0 aliphatic rings. The number of methoxy groups -OCH3 is 1. The average molecular weight is 299 g/mol. The normalized spacial score (nSPS) is 10.3. The van der Waals surface area contributed by atoms with Crippen LogP contribution in [0.4, 0.5) is 5.69 Å². The molecule has 0 aliphatic carbocycles. The summed E-state index contributed by atoms with van der Waals surface area (Å²) in [6.07, 6.45) is 1.16. The van der Waals surface area contributed by atoms with Gasteiger partial charge in [-0.1, -0.05) is 29.3 Å². The van der Waals surface area contributed by atoms with E-state index in [-0.39, 0.29) is 10.7 Å². The maximum atomic E-state index is 10.6. The van der Waals surface area contributed by atoms with Crippen molar-refractivity contribution in [2.24, 2.45) is 0 Å². The number of benzene rings is 1. The lowest BCUT2D eigenvalue weighted by molar-refractivity contribution is -0.385. The highest BCUT2D eigenvalue weighted by Gasteiger charge is 2.13. The van der Waals surface area contributed by atoms with Gasteiger partial charge in [-0.05, 0) is 12.1 Å². The summed E-state index contributed by atoms with van der Waals surface area (Å²) < 4.78 is 5.10. The Labute approximate surface area is 118 Å². The van der Waals surface area contributed by atoms with Crippen LogP contribution in [-0.4, -0.2) is 17.0 Å². The number of hydrogen-bond acceptors (Lipinski definition) is 4. The maximum Gasteiger partial charge on any atom is 0.289 e. The van der Waals surface area contributed by atoms with Gasteiger partial charge in [-0.15, -0.1) is 0 Å². The average Bonchev–Trinajstić information content (AvgIpc) is 2.39. The molecule has 0 N–H and O–H groups in total. The monoisotopic (exact) mass is 298 g/mol. The van der Waals surface area contributed by atoms with Crippen molar-refractivity contribution in [3.8, 4) is 17.0 Å². The summed E-state index contributed by atoms with van der Waals surface area (Å²) in [6.45, 7) is 0. The van der Waals surface area contributed by atoms with Crippen molar-refractivity contribution in [1.82, 2.24) is 4.98 Å². The van der Waals surface area contributed by atoms with E-state index in [2.05, 4.69) is 4.98 Å². The lowest BCUT2D eigenvalue weighted by atomic mass is 10.1. The molecule has 0 unspecified atom stereocenters. The fraction of sp³-hybridized carbons (Fsp3) is 0.0833. The number of pyridine rings is 1. The second-order valence-corrected chi connectivity index (χ2v) is 4.44. The minimum atomic E-state index is -0.550. The van der Waals surface area contributed by atoms with Gasteiger partial charge in [-0.3, -0.25) is 10.1 Å². The quantitative estimate of drug-likeness (QED) is 0.635. The fourth-order valence-corrected chi connectivity index (χ4v) is 2.01. The second-order valence-electron chi connectivity index (χ2n) is 3.63. The van der Waals surface area contributed by atoms with Crippen molar-refractivity contribution in [3.05, 3.63) is 50.6 Å². The Hall–Kier alpha value is -1.85. The number of rotatable bonds is 3. The van der Waals surface area contributed by atoms with Crippen LogP contribution < -0.4 is 4.74 Å². The van der Waals surface area contributed by atoms with Gasteiger partial charge in [0.05, 0.1) is 27.8 Å². The molecule has 2 aromatic rings. The molecule has 7 heteroatoms. The number of aromatic nitrogens is 1. The van der Waals surface area contributed by atoms with E-state index >= 15 is 0 Å². The van der Waals surface area contributed by atoms with Crippen LogP contribution in [0.3, 0.4) is 0 Å². The highest BCUT2D eigenvalue weighted by Crippen LogP contribution is 2.33. The SMILES string of the molecule is COc1cc(-c2ncc([N+](=O)[O-])cc2Cl)ccc1Cl. The van der Waals surface area contributed by atoms with E-state index in [9.17, 15) is 10.1 Å². The van der Waals surface area contributed by atoms with Crippen LogP contribution in [0.1, 0.15) is 0 Å². The van der Waals surface area contributed by atoms with Gasteiger partial charge < -0.3 is 4.74 Å². The summed E-state index contributed by atoms with van der Waals surface area (Å²) in [5, 5.41) is 11.3. The van der Waals surface area contributed by atoms with Crippen molar-refractivity contribution < 1.29 is 9.66 Å². The molecule has 0 fully saturated rings. The summed E-state index contributed by atoms with van der Waals surface area (Å²) in [6, 6.07) is 6.29. The minimum absolute atomic E-state index is 0.158. The highest BCUT2D eigenvalue weighted by molar-refractivity contribution is 6.33. The summed E-state index contributed by atoms with van der Waals surface area (Å²) in [7, 11) is 1.50. The van der Waals surface area contributed by atoms with Crippen LogP contribution in [0.15, 0.2) is 30.5 Å². The van der Waals surface area contributed by atoms with Crippen LogP contribution in [-0.2, 0) is 0 Å². The lowest BCUT2D eigenvalue weighted by Gasteiger charge is -2.07. The third-order valence-corrected chi connectivity index (χ3v) is 3.06. The third-order valence-electron chi connectivity index (χ3n) is 2.46. The number of halogens is 2. The van der Waals surface area contributed by atoms with Crippen LogP contribution in [0, 0.1) is 10.1 Å². The molecule has 0 saturated carbocycles. The number of hydrogen-bond donors (Lipinski definition) is 0. The van der Waals surface area contributed by atoms with Crippen molar-refractivity contribution >= 4 is 28.9 Å². The topological polar surface area (TPSA) is 65.3 Å². The molecular formula is C12H8Cl2N2O3. The van der Waals surface area contributed by atoms with Gasteiger partial charge in [0.15, 0.2) is 0 Å². The van der Waals surface area contributed by atoms with E-state index in [1.807, 2.05) is 0 Å². The van der Waals surface area contributed by atoms with Crippen molar-refractivity contribution in [2.45, 2.75) is 0 Å². The number of nitro groups is 1. The first-order chi connectivity index (χ1) is 9.02. The molecule has 19 heavy (non-hydrogen) atoms. The Balaban J connectivity index is 2.50. The van der Waals surface area contributed by atoms with Gasteiger partial charge >= 0.3 is 0 Å². The number of nitrogens with zero attached hydrogens (tertiary/aromatic N) is 2. The minimum Gasteiger partial charge on any atom is -0.495 e. The van der Waals surface area contributed by atoms with Crippen LogP contribution >= 0.6 is 23.2 Å². The largest absolute Gasteiger partial charge is 0.495 e. The maximum absolute atomic E-state index is 10.6. The van der Waals surface area contributed by atoms with Crippen LogP contribution in [0.2, 0.25) is 10.0 Å². The van der Waals surface area contributed by atoms with E-state index in [1.165, 1.54) is 13.2 Å². The summed E-state index contributed by atoms with van der Waals surface area (Å²) in [5.74, 6) is 0.482. The molecule has 0 aliphatic heterocycles. The summed E-state index contributed by atoms with van der Waals surface area (Å²) >= 11 is 11.9. The zero-order valence-corrected chi connectivity index (χ0v) is 11.3. The van der Waals surface area contributed by atoms with Crippen molar-refractivity contribution in [1.29, 1.82) is 0 Å². The first-order valence-corrected chi connectivity index (χ1v) is 5.92. The third kappa shape index (κ3) is 2.77. The Morgan fingerprint density at radius 1 is 1.26 bits per heavy atom. The van der Waals surface area contributed by atoms with Crippen LogP contribution in [0.25, 0.3) is 11.3 Å². The Morgan fingerprint density at radius 3 is 2.58 bits per heavy atom. The van der Waals surface area contributed by atoms with Crippen LogP contribution in [0.5, 0.6) is 5.75 Å². The van der Waals surface area contributed by atoms with Crippen molar-refractivity contribution in [3.63, 3.8) is 0 Å². The smallest absolute Gasteiger partial charge is 0.289 e. The first-order valence-electron chi connectivity index (χ1n) is 5.16. The molecule has 0 spiro atoms. The Morgan fingerprint density at radius 2 is 2.00 bits per heavy atom. The molecule has 98 valence electrons. The standard InChI is InChI=1S/C12H8Cl2N2O3/c1-19-11-4-7(2-3-9(11)13)12-10(14)5-8(6-15-12)16(17)18/h2-6H,1H3. The predicted molar refractivity (Wildman–Crippen MR) is 72.9 cm³/mol. The molecule has 0 radical (unpaired) electrons. The van der Waals surface area contributed by atoms with E-state index < -0.39 is 4.92 Å². The zero-order chi connectivity index (χ0) is 14.0. The van der Waals surface area contributed by atoms with E-state index in [0.29, 0.717) is 22.0 Å². The zero-order valence-electron chi connectivity index (χ0n) is 9.76. The lowest BCUT2D eigenvalue weighted by Crippen LogP contribution is -1.92. The van der Waals surface area contributed by atoms with Crippen molar-refractivity contribution in [2.75, 3.05) is 7.11 Å². The molecule has 0 amide bonds. The van der Waals surface area contributed by atoms with Gasteiger partial charge in [-0.25, -0.2) is 4.98 Å². The predicted octanol–water partition coefficient (Wildman–Crippen LogP) is 3.97. The molecule has 1 heterocycles. The van der Waals surface area contributed by atoms with Gasteiger partial charge in [0, 0.05) is 11.6 Å². The van der Waals surface area contributed by atoms with Gasteiger partial charge in [0.25, 0.3) is 5.69 Å².